The Labute approximate surface area is 125 Å². The summed E-state index contributed by atoms with van der Waals surface area (Å²) in [5.41, 5.74) is 9.93. The average Bonchev–Trinajstić information content (AvgIpc) is 2.47. The summed E-state index contributed by atoms with van der Waals surface area (Å²) in [6.07, 6.45) is 4.85. The molecule has 0 unspecified atom stereocenters. The van der Waals surface area contributed by atoms with Gasteiger partial charge in [0.25, 0.3) is 0 Å². The van der Waals surface area contributed by atoms with Crippen molar-refractivity contribution in [1.82, 2.24) is 9.97 Å². The predicted octanol–water partition coefficient (Wildman–Crippen LogP) is 3.80. The lowest BCUT2D eigenvalue weighted by atomic mass is 9.90. The molecule has 1 aliphatic rings. The summed E-state index contributed by atoms with van der Waals surface area (Å²) in [6.45, 7) is 4.14. The molecule has 1 aromatic carbocycles. The monoisotopic (exact) mass is 282 g/mol. The number of aromatic nitrogens is 2. The molecule has 4 heteroatoms. The van der Waals surface area contributed by atoms with Crippen LogP contribution in [0.5, 0.6) is 0 Å². The molecule has 0 bridgehead atoms. The quantitative estimate of drug-likeness (QED) is 0.898. The van der Waals surface area contributed by atoms with Crippen LogP contribution in [0, 0.1) is 0 Å². The van der Waals surface area contributed by atoms with Crippen LogP contribution in [0.15, 0.2) is 24.3 Å². The maximum Gasteiger partial charge on any atom is 0.136 e. The van der Waals surface area contributed by atoms with E-state index in [2.05, 4.69) is 47.3 Å². The molecule has 0 fully saturated rings. The lowest BCUT2D eigenvalue weighted by molar-refractivity contribution is 0.687. The number of nitrogens with two attached hydrogens (primary N) is 1. The van der Waals surface area contributed by atoms with Gasteiger partial charge in [0.2, 0.25) is 0 Å². The van der Waals surface area contributed by atoms with E-state index in [1.807, 2.05) is 0 Å². The molecule has 0 atom stereocenters. The van der Waals surface area contributed by atoms with E-state index < -0.39 is 0 Å². The van der Waals surface area contributed by atoms with E-state index >= 15 is 0 Å². The normalized spacial score (nSPS) is 14.0. The van der Waals surface area contributed by atoms with Gasteiger partial charge in [-0.25, -0.2) is 9.97 Å². The van der Waals surface area contributed by atoms with Crippen LogP contribution in [-0.4, -0.2) is 9.97 Å². The highest BCUT2D eigenvalue weighted by atomic mass is 15.1. The Hall–Kier alpha value is -2.10. The number of hydrogen-bond donors (Lipinski definition) is 2. The van der Waals surface area contributed by atoms with Gasteiger partial charge in [0, 0.05) is 17.7 Å². The summed E-state index contributed by atoms with van der Waals surface area (Å²) in [6, 6.07) is 8.26. The van der Waals surface area contributed by atoms with Gasteiger partial charge < -0.3 is 11.1 Å². The van der Waals surface area contributed by atoms with Gasteiger partial charge in [-0.3, -0.25) is 0 Å². The largest absolute Gasteiger partial charge is 0.384 e. The summed E-state index contributed by atoms with van der Waals surface area (Å²) in [5, 5.41) is 3.44. The molecule has 0 radical (unpaired) electrons. The molecule has 1 aliphatic carbocycles. The fraction of sp³-hybridized carbons (Fsp3) is 0.412. The molecule has 2 aromatic rings. The molecule has 0 aliphatic heterocycles. The summed E-state index contributed by atoms with van der Waals surface area (Å²) < 4.78 is 0. The minimum Gasteiger partial charge on any atom is -0.384 e. The Morgan fingerprint density at radius 1 is 1.14 bits per heavy atom. The Balaban J connectivity index is 1.94. The molecule has 4 nitrogen and oxygen atoms in total. The van der Waals surface area contributed by atoms with Gasteiger partial charge >= 0.3 is 0 Å². The molecule has 0 saturated heterocycles. The van der Waals surface area contributed by atoms with Crippen LogP contribution in [0.25, 0.3) is 0 Å². The highest BCUT2D eigenvalue weighted by Gasteiger charge is 2.14. The highest BCUT2D eigenvalue weighted by Crippen LogP contribution is 2.30. The maximum absolute atomic E-state index is 5.90. The number of hydrogen-bond acceptors (Lipinski definition) is 4. The van der Waals surface area contributed by atoms with Crippen LogP contribution in [0.4, 0.5) is 17.3 Å². The molecule has 0 spiro atoms. The second-order valence-corrected chi connectivity index (χ2v) is 5.97. The molecule has 1 aromatic heterocycles. The van der Waals surface area contributed by atoms with Gasteiger partial charge in [-0.2, -0.15) is 0 Å². The zero-order chi connectivity index (χ0) is 14.8. The highest BCUT2D eigenvalue weighted by molar-refractivity contribution is 5.64. The molecular weight excluding hydrogens is 260 g/mol. The molecule has 1 heterocycles. The Kier molecular flexibility index (Phi) is 3.78. The minimum atomic E-state index is 0.263. The number of anilines is 3. The van der Waals surface area contributed by atoms with Gasteiger partial charge in [-0.15, -0.1) is 0 Å². The summed E-state index contributed by atoms with van der Waals surface area (Å²) in [5.74, 6) is 2.34. The SMILES string of the molecule is CC(C)c1nc(N)cc(Nc2cccc3c2CCCC3)n1. The third kappa shape index (κ3) is 2.99. The smallest absolute Gasteiger partial charge is 0.136 e. The number of fused-ring (bicyclic) bond motifs is 1. The molecule has 0 saturated carbocycles. The van der Waals surface area contributed by atoms with Crippen molar-refractivity contribution in [3.63, 3.8) is 0 Å². The van der Waals surface area contributed by atoms with Crippen molar-refractivity contribution in [2.45, 2.75) is 45.4 Å². The van der Waals surface area contributed by atoms with E-state index in [0.717, 1.165) is 23.8 Å². The second kappa shape index (κ2) is 5.72. The van der Waals surface area contributed by atoms with Crippen molar-refractivity contribution >= 4 is 17.3 Å². The minimum absolute atomic E-state index is 0.263. The Morgan fingerprint density at radius 2 is 1.95 bits per heavy atom. The number of aryl methyl sites for hydroxylation is 1. The molecule has 110 valence electrons. The summed E-state index contributed by atoms with van der Waals surface area (Å²) >= 11 is 0. The van der Waals surface area contributed by atoms with Crippen LogP contribution >= 0.6 is 0 Å². The maximum atomic E-state index is 5.90. The Bertz CT molecular complexity index is 649. The zero-order valence-electron chi connectivity index (χ0n) is 12.7. The van der Waals surface area contributed by atoms with Gasteiger partial charge in [0.05, 0.1) is 0 Å². The standard InChI is InChI=1S/C17H22N4/c1-11(2)17-20-15(18)10-16(21-17)19-14-9-5-7-12-6-3-4-8-13(12)14/h5,7,9-11H,3-4,6,8H2,1-2H3,(H3,18,19,20,21). The van der Waals surface area contributed by atoms with Gasteiger partial charge in [-0.05, 0) is 42.9 Å². The van der Waals surface area contributed by atoms with Crippen molar-refractivity contribution in [3.05, 3.63) is 41.2 Å². The van der Waals surface area contributed by atoms with Crippen molar-refractivity contribution in [2.75, 3.05) is 11.1 Å². The van der Waals surface area contributed by atoms with Crippen LogP contribution in [0.1, 0.15) is 49.6 Å². The fourth-order valence-electron chi connectivity index (χ4n) is 2.84. The van der Waals surface area contributed by atoms with E-state index in [-0.39, 0.29) is 5.92 Å². The number of rotatable bonds is 3. The van der Waals surface area contributed by atoms with Crippen LogP contribution in [-0.2, 0) is 12.8 Å². The molecule has 0 amide bonds. The third-order valence-corrected chi connectivity index (χ3v) is 3.94. The lowest BCUT2D eigenvalue weighted by Crippen LogP contribution is -2.08. The van der Waals surface area contributed by atoms with Gasteiger partial charge in [0.15, 0.2) is 0 Å². The van der Waals surface area contributed by atoms with E-state index in [0.29, 0.717) is 5.82 Å². The molecule has 3 rings (SSSR count). The number of nitrogens with one attached hydrogen (secondary N) is 1. The van der Waals surface area contributed by atoms with Crippen LogP contribution < -0.4 is 11.1 Å². The zero-order valence-corrected chi connectivity index (χ0v) is 12.7. The molecular formula is C17H22N4. The van der Waals surface area contributed by atoms with Crippen molar-refractivity contribution in [3.8, 4) is 0 Å². The fourth-order valence-corrected chi connectivity index (χ4v) is 2.84. The lowest BCUT2D eigenvalue weighted by Gasteiger charge is -2.20. The number of benzene rings is 1. The Morgan fingerprint density at radius 3 is 2.76 bits per heavy atom. The third-order valence-electron chi connectivity index (χ3n) is 3.94. The first-order valence-electron chi connectivity index (χ1n) is 7.65. The molecule has 3 N–H and O–H groups in total. The molecule has 21 heavy (non-hydrogen) atoms. The van der Waals surface area contributed by atoms with Crippen LogP contribution in [0.3, 0.4) is 0 Å². The van der Waals surface area contributed by atoms with Crippen molar-refractivity contribution in [2.24, 2.45) is 0 Å². The van der Waals surface area contributed by atoms with Crippen molar-refractivity contribution < 1.29 is 0 Å². The van der Waals surface area contributed by atoms with Crippen LogP contribution in [0.2, 0.25) is 0 Å². The average molecular weight is 282 g/mol. The number of nitrogen functional groups attached to an aromatic ring is 1. The first kappa shape index (κ1) is 13.9. The summed E-state index contributed by atoms with van der Waals surface area (Å²) in [4.78, 5) is 8.86. The van der Waals surface area contributed by atoms with E-state index in [1.165, 1.54) is 30.4 Å². The second-order valence-electron chi connectivity index (χ2n) is 5.97. The summed E-state index contributed by atoms with van der Waals surface area (Å²) in [7, 11) is 0. The first-order chi connectivity index (χ1) is 10.1. The topological polar surface area (TPSA) is 63.8 Å². The van der Waals surface area contributed by atoms with Gasteiger partial charge in [0.1, 0.15) is 17.5 Å². The first-order valence-corrected chi connectivity index (χ1v) is 7.65. The van der Waals surface area contributed by atoms with Gasteiger partial charge in [-0.1, -0.05) is 26.0 Å². The van der Waals surface area contributed by atoms with E-state index in [4.69, 9.17) is 5.73 Å². The van der Waals surface area contributed by atoms with E-state index in [1.54, 1.807) is 6.07 Å². The van der Waals surface area contributed by atoms with E-state index in [9.17, 15) is 0 Å². The predicted molar refractivity (Wildman–Crippen MR) is 86.9 cm³/mol. The number of nitrogens with zero attached hydrogens (tertiary/aromatic N) is 2. The van der Waals surface area contributed by atoms with Crippen molar-refractivity contribution in [1.29, 1.82) is 0 Å².